The van der Waals surface area contributed by atoms with Gasteiger partial charge in [0, 0.05) is 18.6 Å². The molecule has 3 aromatic rings. The van der Waals surface area contributed by atoms with Crippen LogP contribution in [-0.2, 0) is 13.6 Å². The van der Waals surface area contributed by atoms with E-state index in [4.69, 9.17) is 17.3 Å². The quantitative estimate of drug-likeness (QED) is 0.806. The van der Waals surface area contributed by atoms with Crippen LogP contribution in [0, 0.1) is 0 Å². The second kappa shape index (κ2) is 4.83. The lowest BCUT2D eigenvalue weighted by Crippen LogP contribution is -2.02. The molecule has 0 aliphatic heterocycles. The minimum Gasteiger partial charge on any atom is -0.383 e. The number of fused-ring (bicyclic) bond motifs is 1. The van der Waals surface area contributed by atoms with Crippen LogP contribution in [0.1, 0.15) is 13.3 Å². The zero-order chi connectivity index (χ0) is 14.3. The van der Waals surface area contributed by atoms with E-state index >= 15 is 0 Å². The van der Waals surface area contributed by atoms with Gasteiger partial charge in [-0.05, 0) is 24.6 Å². The van der Waals surface area contributed by atoms with Crippen LogP contribution in [-0.4, -0.2) is 19.3 Å². The molecule has 0 aliphatic rings. The van der Waals surface area contributed by atoms with Crippen LogP contribution in [0.5, 0.6) is 0 Å². The van der Waals surface area contributed by atoms with Gasteiger partial charge >= 0.3 is 0 Å². The Morgan fingerprint density at radius 2 is 2.15 bits per heavy atom. The van der Waals surface area contributed by atoms with Gasteiger partial charge in [0.05, 0.1) is 22.8 Å². The summed E-state index contributed by atoms with van der Waals surface area (Å²) >= 11 is 6.05. The molecule has 5 nitrogen and oxygen atoms in total. The van der Waals surface area contributed by atoms with Gasteiger partial charge in [-0.1, -0.05) is 18.5 Å². The molecule has 0 fully saturated rings. The smallest absolute Gasteiger partial charge is 0.146 e. The van der Waals surface area contributed by atoms with Crippen molar-refractivity contribution in [2.75, 3.05) is 5.73 Å². The summed E-state index contributed by atoms with van der Waals surface area (Å²) < 4.78 is 3.82. The van der Waals surface area contributed by atoms with E-state index in [1.54, 1.807) is 10.9 Å². The standard InChI is InChI=1S/C14H16ClN5/c1-3-6-20-12-5-4-9(15)7-11(12)18-14(20)10-8-17-19(2)13(10)16/h4-5,7-8H,3,6,16H2,1-2H3. The first-order chi connectivity index (χ1) is 9.61. The highest BCUT2D eigenvalue weighted by Crippen LogP contribution is 2.29. The maximum absolute atomic E-state index is 6.07. The van der Waals surface area contributed by atoms with E-state index in [0.29, 0.717) is 10.8 Å². The van der Waals surface area contributed by atoms with Crippen LogP contribution in [0.2, 0.25) is 5.02 Å². The lowest BCUT2D eigenvalue weighted by Gasteiger charge is -2.07. The molecule has 20 heavy (non-hydrogen) atoms. The molecule has 0 bridgehead atoms. The summed E-state index contributed by atoms with van der Waals surface area (Å²) in [6.45, 7) is 3.01. The SMILES string of the molecule is CCCn1c(-c2cnn(C)c2N)nc2cc(Cl)ccc21. The zero-order valence-corrected chi connectivity index (χ0v) is 12.2. The maximum Gasteiger partial charge on any atom is 0.146 e. The Hall–Kier alpha value is -2.01. The number of benzene rings is 1. The van der Waals surface area contributed by atoms with E-state index in [0.717, 1.165) is 35.4 Å². The fourth-order valence-electron chi connectivity index (χ4n) is 2.38. The van der Waals surface area contributed by atoms with E-state index in [1.807, 2.05) is 25.2 Å². The van der Waals surface area contributed by atoms with Crippen LogP contribution in [0.4, 0.5) is 5.82 Å². The summed E-state index contributed by atoms with van der Waals surface area (Å²) in [7, 11) is 1.82. The van der Waals surface area contributed by atoms with Gasteiger partial charge in [-0.15, -0.1) is 0 Å². The zero-order valence-electron chi connectivity index (χ0n) is 11.5. The van der Waals surface area contributed by atoms with Gasteiger partial charge in [0.1, 0.15) is 11.6 Å². The monoisotopic (exact) mass is 289 g/mol. The number of aryl methyl sites for hydroxylation is 2. The van der Waals surface area contributed by atoms with Crippen molar-refractivity contribution in [2.24, 2.45) is 7.05 Å². The minimum atomic E-state index is 0.615. The Morgan fingerprint density at radius 3 is 2.80 bits per heavy atom. The van der Waals surface area contributed by atoms with Gasteiger partial charge in [0.25, 0.3) is 0 Å². The molecule has 0 aliphatic carbocycles. The van der Waals surface area contributed by atoms with Gasteiger partial charge in [-0.3, -0.25) is 4.68 Å². The van der Waals surface area contributed by atoms with E-state index in [1.165, 1.54) is 0 Å². The van der Waals surface area contributed by atoms with Crippen LogP contribution >= 0.6 is 11.6 Å². The highest BCUT2D eigenvalue weighted by atomic mass is 35.5. The Morgan fingerprint density at radius 1 is 1.35 bits per heavy atom. The topological polar surface area (TPSA) is 61.7 Å². The van der Waals surface area contributed by atoms with Gasteiger partial charge in [0.2, 0.25) is 0 Å². The number of hydrogen-bond acceptors (Lipinski definition) is 3. The average Bonchev–Trinajstić information content (AvgIpc) is 2.92. The number of anilines is 1. The number of nitrogens with two attached hydrogens (primary N) is 1. The first-order valence-corrected chi connectivity index (χ1v) is 6.93. The molecule has 3 rings (SSSR count). The number of hydrogen-bond donors (Lipinski definition) is 1. The third-order valence-electron chi connectivity index (χ3n) is 3.38. The number of nitrogen functional groups attached to an aromatic ring is 1. The molecule has 0 radical (unpaired) electrons. The molecule has 0 saturated carbocycles. The highest BCUT2D eigenvalue weighted by Gasteiger charge is 2.16. The molecule has 0 spiro atoms. The van der Waals surface area contributed by atoms with E-state index in [-0.39, 0.29) is 0 Å². The number of nitrogens with zero attached hydrogens (tertiary/aromatic N) is 4. The predicted molar refractivity (Wildman–Crippen MR) is 81.6 cm³/mol. The highest BCUT2D eigenvalue weighted by molar-refractivity contribution is 6.31. The normalized spacial score (nSPS) is 11.3. The van der Waals surface area contributed by atoms with Gasteiger partial charge in [-0.25, -0.2) is 4.98 Å². The Bertz CT molecular complexity index is 771. The Labute approximate surface area is 122 Å². The molecule has 104 valence electrons. The predicted octanol–water partition coefficient (Wildman–Crippen LogP) is 3.08. The van der Waals surface area contributed by atoms with E-state index < -0.39 is 0 Å². The molecule has 2 heterocycles. The third kappa shape index (κ3) is 1.94. The Kier molecular flexibility index (Phi) is 3.14. The van der Waals surface area contributed by atoms with Crippen molar-refractivity contribution < 1.29 is 0 Å². The van der Waals surface area contributed by atoms with Crippen LogP contribution in [0.25, 0.3) is 22.4 Å². The number of halogens is 1. The summed E-state index contributed by atoms with van der Waals surface area (Å²) in [6.07, 6.45) is 2.77. The fraction of sp³-hybridized carbons (Fsp3) is 0.286. The molecule has 2 N–H and O–H groups in total. The first-order valence-electron chi connectivity index (χ1n) is 6.55. The summed E-state index contributed by atoms with van der Waals surface area (Å²) in [5.41, 5.74) is 8.87. The molecular formula is C14H16ClN5. The van der Waals surface area contributed by atoms with Crippen LogP contribution in [0.3, 0.4) is 0 Å². The molecule has 0 unspecified atom stereocenters. The summed E-state index contributed by atoms with van der Waals surface area (Å²) in [5, 5.41) is 4.88. The summed E-state index contributed by atoms with van der Waals surface area (Å²) in [4.78, 5) is 4.68. The van der Waals surface area contributed by atoms with Crippen molar-refractivity contribution in [3.8, 4) is 11.4 Å². The molecule has 2 aromatic heterocycles. The second-order valence-corrected chi connectivity index (χ2v) is 5.22. The van der Waals surface area contributed by atoms with Gasteiger partial charge in [0.15, 0.2) is 0 Å². The number of rotatable bonds is 3. The van der Waals surface area contributed by atoms with Crippen LogP contribution in [0.15, 0.2) is 24.4 Å². The molecule has 0 saturated heterocycles. The van der Waals surface area contributed by atoms with E-state index in [9.17, 15) is 0 Å². The van der Waals surface area contributed by atoms with Crippen molar-refractivity contribution in [3.05, 3.63) is 29.4 Å². The molecule has 1 aromatic carbocycles. The van der Waals surface area contributed by atoms with Gasteiger partial charge < -0.3 is 10.3 Å². The lowest BCUT2D eigenvalue weighted by atomic mass is 10.3. The molecular weight excluding hydrogens is 274 g/mol. The third-order valence-corrected chi connectivity index (χ3v) is 3.62. The van der Waals surface area contributed by atoms with Gasteiger partial charge in [-0.2, -0.15) is 5.10 Å². The lowest BCUT2D eigenvalue weighted by molar-refractivity contribution is 0.704. The molecule has 0 amide bonds. The average molecular weight is 290 g/mol. The number of imidazole rings is 1. The molecule has 6 heteroatoms. The molecule has 0 atom stereocenters. The summed E-state index contributed by atoms with van der Waals surface area (Å²) in [6, 6.07) is 5.75. The van der Waals surface area contributed by atoms with Crippen molar-refractivity contribution in [2.45, 2.75) is 19.9 Å². The largest absolute Gasteiger partial charge is 0.383 e. The Balaban J connectivity index is 2.28. The van der Waals surface area contributed by atoms with Crippen molar-refractivity contribution in [3.63, 3.8) is 0 Å². The minimum absolute atomic E-state index is 0.615. The van der Waals surface area contributed by atoms with E-state index in [2.05, 4.69) is 21.6 Å². The fourth-order valence-corrected chi connectivity index (χ4v) is 2.54. The van der Waals surface area contributed by atoms with Crippen molar-refractivity contribution in [1.29, 1.82) is 0 Å². The van der Waals surface area contributed by atoms with Crippen LogP contribution < -0.4 is 5.73 Å². The number of aromatic nitrogens is 4. The second-order valence-electron chi connectivity index (χ2n) is 4.79. The summed E-state index contributed by atoms with van der Waals surface area (Å²) in [5.74, 6) is 1.46. The van der Waals surface area contributed by atoms with Crippen molar-refractivity contribution in [1.82, 2.24) is 19.3 Å². The first kappa shape index (κ1) is 13.0. The maximum atomic E-state index is 6.07. The van der Waals surface area contributed by atoms with Crippen molar-refractivity contribution >= 4 is 28.5 Å².